The molecule has 0 aliphatic carbocycles. The number of anilines is 1. The maximum absolute atomic E-state index is 12.5. The molecule has 0 aromatic carbocycles. The molecule has 2 N–H and O–H groups in total. The van der Waals surface area contributed by atoms with Crippen molar-refractivity contribution in [1.29, 1.82) is 0 Å². The minimum Gasteiger partial charge on any atom is -0.381 e. The minimum absolute atomic E-state index is 0.0669. The Labute approximate surface area is 114 Å². The number of hydrogen-bond donors (Lipinski definition) is 1. The molecular weight excluding hydrogens is 266 g/mol. The summed E-state index contributed by atoms with van der Waals surface area (Å²) in [6, 6.07) is 0.442. The van der Waals surface area contributed by atoms with Gasteiger partial charge in [-0.25, -0.2) is 8.42 Å². The molecular formula is C11H21N5O2S. The first-order valence-corrected chi connectivity index (χ1v) is 7.72. The van der Waals surface area contributed by atoms with Crippen LogP contribution < -0.4 is 5.73 Å². The quantitative estimate of drug-likeness (QED) is 0.826. The zero-order valence-electron chi connectivity index (χ0n) is 11.6. The lowest BCUT2D eigenvalue weighted by Crippen LogP contribution is -2.44. The maximum atomic E-state index is 12.5. The number of aromatic nitrogens is 2. The number of nitrogen functional groups attached to an aromatic ring is 1. The van der Waals surface area contributed by atoms with Crippen molar-refractivity contribution in [2.75, 3.05) is 32.9 Å². The Balaban J connectivity index is 2.16. The maximum Gasteiger partial charge on any atom is 0.248 e. The van der Waals surface area contributed by atoms with Crippen LogP contribution in [0.1, 0.15) is 12.8 Å². The largest absolute Gasteiger partial charge is 0.381 e. The van der Waals surface area contributed by atoms with Gasteiger partial charge in [0.1, 0.15) is 4.90 Å². The van der Waals surface area contributed by atoms with Crippen molar-refractivity contribution >= 4 is 15.8 Å². The summed E-state index contributed by atoms with van der Waals surface area (Å²) in [6.07, 6.45) is 3.14. The highest BCUT2D eigenvalue weighted by molar-refractivity contribution is 7.89. The standard InChI is InChI=1S/C11H21N5O2S/c1-14(2)9-4-6-16(7-5-9)19(17,18)10-8-15(3)13-11(10)12/h8-9H,4-7H2,1-3H3,(H2,12,13). The number of nitrogens with two attached hydrogens (primary N) is 1. The summed E-state index contributed by atoms with van der Waals surface area (Å²) < 4.78 is 27.9. The molecule has 19 heavy (non-hydrogen) atoms. The molecule has 0 radical (unpaired) electrons. The van der Waals surface area contributed by atoms with E-state index in [2.05, 4.69) is 10.00 Å². The van der Waals surface area contributed by atoms with E-state index in [1.807, 2.05) is 14.1 Å². The number of hydrogen-bond acceptors (Lipinski definition) is 5. The van der Waals surface area contributed by atoms with Gasteiger partial charge in [0.05, 0.1) is 0 Å². The van der Waals surface area contributed by atoms with Crippen LogP contribution in [0.25, 0.3) is 0 Å². The molecule has 1 fully saturated rings. The van der Waals surface area contributed by atoms with Gasteiger partial charge in [-0.3, -0.25) is 4.68 Å². The molecule has 1 aromatic rings. The van der Waals surface area contributed by atoms with E-state index in [9.17, 15) is 8.42 Å². The van der Waals surface area contributed by atoms with E-state index in [0.29, 0.717) is 19.1 Å². The fraction of sp³-hybridized carbons (Fsp3) is 0.727. The van der Waals surface area contributed by atoms with Crippen LogP contribution in [-0.4, -0.2) is 60.6 Å². The molecule has 1 aliphatic rings. The van der Waals surface area contributed by atoms with Crippen LogP contribution in [0.2, 0.25) is 0 Å². The lowest BCUT2D eigenvalue weighted by molar-refractivity contribution is 0.196. The molecule has 2 heterocycles. The van der Waals surface area contributed by atoms with Crippen molar-refractivity contribution in [3.63, 3.8) is 0 Å². The van der Waals surface area contributed by atoms with E-state index in [1.54, 1.807) is 7.05 Å². The number of rotatable bonds is 3. The zero-order chi connectivity index (χ0) is 14.2. The van der Waals surface area contributed by atoms with Crippen molar-refractivity contribution in [3.8, 4) is 0 Å². The van der Waals surface area contributed by atoms with Gasteiger partial charge in [-0.1, -0.05) is 0 Å². The first-order chi connectivity index (χ1) is 8.82. The van der Waals surface area contributed by atoms with Crippen LogP contribution >= 0.6 is 0 Å². The van der Waals surface area contributed by atoms with Gasteiger partial charge in [-0.15, -0.1) is 0 Å². The van der Waals surface area contributed by atoms with Crippen molar-refractivity contribution in [2.45, 2.75) is 23.8 Å². The summed E-state index contributed by atoms with van der Waals surface area (Å²) in [5.41, 5.74) is 5.66. The summed E-state index contributed by atoms with van der Waals surface area (Å²) in [4.78, 5) is 2.25. The van der Waals surface area contributed by atoms with E-state index in [1.165, 1.54) is 15.2 Å². The first kappa shape index (κ1) is 14.3. The predicted octanol–water partition coefficient (Wildman–Crippen LogP) is -0.283. The Morgan fingerprint density at radius 1 is 1.37 bits per heavy atom. The third-order valence-electron chi connectivity index (χ3n) is 3.59. The van der Waals surface area contributed by atoms with Crippen molar-refractivity contribution in [1.82, 2.24) is 19.0 Å². The minimum atomic E-state index is -3.51. The molecule has 0 spiro atoms. The van der Waals surface area contributed by atoms with Crippen molar-refractivity contribution < 1.29 is 8.42 Å². The molecule has 0 amide bonds. The Morgan fingerprint density at radius 3 is 2.37 bits per heavy atom. The van der Waals surface area contributed by atoms with Gasteiger partial charge < -0.3 is 10.6 Å². The van der Waals surface area contributed by atoms with Gasteiger partial charge >= 0.3 is 0 Å². The Hall–Kier alpha value is -1.12. The number of sulfonamides is 1. The van der Waals surface area contributed by atoms with Crippen LogP contribution in [0.15, 0.2) is 11.1 Å². The molecule has 0 saturated carbocycles. The second kappa shape index (κ2) is 5.10. The summed E-state index contributed by atoms with van der Waals surface area (Å²) in [6.45, 7) is 1.05. The topological polar surface area (TPSA) is 84.5 Å². The first-order valence-electron chi connectivity index (χ1n) is 6.28. The molecule has 8 heteroatoms. The zero-order valence-corrected chi connectivity index (χ0v) is 12.4. The monoisotopic (exact) mass is 287 g/mol. The van der Waals surface area contributed by atoms with Crippen molar-refractivity contribution in [2.24, 2.45) is 7.05 Å². The van der Waals surface area contributed by atoms with E-state index in [0.717, 1.165) is 12.8 Å². The summed E-state index contributed by atoms with van der Waals surface area (Å²) >= 11 is 0. The van der Waals surface area contributed by atoms with Gasteiger partial charge in [0.15, 0.2) is 5.82 Å². The summed E-state index contributed by atoms with van der Waals surface area (Å²) in [5, 5.41) is 3.90. The SMILES string of the molecule is CN(C)C1CCN(S(=O)(=O)c2cn(C)nc2N)CC1. The van der Waals surface area contributed by atoms with E-state index >= 15 is 0 Å². The number of nitrogens with zero attached hydrogens (tertiary/aromatic N) is 4. The van der Waals surface area contributed by atoms with E-state index in [4.69, 9.17) is 5.73 Å². The van der Waals surface area contributed by atoms with Crippen molar-refractivity contribution in [3.05, 3.63) is 6.20 Å². The van der Waals surface area contributed by atoms with Gasteiger partial charge in [0.2, 0.25) is 10.0 Å². The summed E-state index contributed by atoms with van der Waals surface area (Å²) in [5.74, 6) is 0.0669. The molecule has 108 valence electrons. The second-order valence-corrected chi connectivity index (χ2v) is 7.06. The van der Waals surface area contributed by atoms with E-state index < -0.39 is 10.0 Å². The highest BCUT2D eigenvalue weighted by Crippen LogP contribution is 2.25. The Kier molecular flexibility index (Phi) is 3.84. The van der Waals surface area contributed by atoms with Gasteiger partial charge in [0.25, 0.3) is 0 Å². The molecule has 1 saturated heterocycles. The smallest absolute Gasteiger partial charge is 0.248 e. The van der Waals surface area contributed by atoms with Crippen LogP contribution in [0.4, 0.5) is 5.82 Å². The van der Waals surface area contributed by atoms with Gasteiger partial charge in [-0.05, 0) is 26.9 Å². The highest BCUT2D eigenvalue weighted by atomic mass is 32.2. The average Bonchev–Trinajstić information content (AvgIpc) is 2.69. The molecule has 1 aliphatic heterocycles. The summed E-state index contributed by atoms with van der Waals surface area (Å²) in [7, 11) is 2.19. The lowest BCUT2D eigenvalue weighted by Gasteiger charge is -2.34. The van der Waals surface area contributed by atoms with Gasteiger partial charge in [0, 0.05) is 32.4 Å². The van der Waals surface area contributed by atoms with Crippen LogP contribution in [0.5, 0.6) is 0 Å². The Morgan fingerprint density at radius 2 is 1.95 bits per heavy atom. The van der Waals surface area contributed by atoms with Crippen LogP contribution in [0, 0.1) is 0 Å². The highest BCUT2D eigenvalue weighted by Gasteiger charge is 2.32. The number of aryl methyl sites for hydroxylation is 1. The normalized spacial score (nSPS) is 19.2. The molecule has 2 rings (SSSR count). The number of piperidine rings is 1. The fourth-order valence-electron chi connectivity index (χ4n) is 2.42. The Bertz CT molecular complexity index is 543. The molecule has 0 bridgehead atoms. The molecule has 1 aromatic heterocycles. The van der Waals surface area contributed by atoms with Crippen LogP contribution in [0.3, 0.4) is 0 Å². The molecule has 0 unspecified atom stereocenters. The molecule has 0 atom stereocenters. The lowest BCUT2D eigenvalue weighted by atomic mass is 10.1. The third-order valence-corrected chi connectivity index (χ3v) is 5.51. The fourth-order valence-corrected chi connectivity index (χ4v) is 3.98. The average molecular weight is 287 g/mol. The second-order valence-electron chi connectivity index (χ2n) is 5.15. The molecule has 7 nitrogen and oxygen atoms in total. The van der Waals surface area contributed by atoms with Crippen LogP contribution in [-0.2, 0) is 17.1 Å². The predicted molar refractivity (Wildman–Crippen MR) is 73.1 cm³/mol. The van der Waals surface area contributed by atoms with E-state index in [-0.39, 0.29) is 10.7 Å². The van der Waals surface area contributed by atoms with Gasteiger partial charge in [-0.2, -0.15) is 9.40 Å². The third kappa shape index (κ3) is 2.75.